The number of aliphatic hydroxyl groups excluding tert-OH is 3. The van der Waals surface area contributed by atoms with Crippen LogP contribution in [0.4, 0.5) is 0 Å². The molecule has 130 valence electrons. The molecule has 0 heterocycles. The van der Waals surface area contributed by atoms with Crippen LogP contribution in [0.5, 0.6) is 0 Å². The molecule has 4 N–H and O–H groups in total. The Kier molecular flexibility index (Phi) is 3.51. The molecule has 4 fully saturated rings. The minimum Gasteiger partial charge on any atom is -0.393 e. The monoisotopic (exact) mass is 323 g/mol. The van der Waals surface area contributed by atoms with Crippen molar-refractivity contribution in [1.29, 1.82) is 0 Å². The van der Waals surface area contributed by atoms with Crippen LogP contribution in [0.1, 0.15) is 58.8 Å². The first kappa shape index (κ1) is 16.0. The van der Waals surface area contributed by atoms with Crippen molar-refractivity contribution in [2.45, 2.75) is 77.1 Å². The van der Waals surface area contributed by atoms with Gasteiger partial charge in [-0.3, -0.25) is 4.79 Å². The Hall–Kier alpha value is -0.450. The highest BCUT2D eigenvalue weighted by Gasteiger charge is 2.66. The van der Waals surface area contributed by atoms with Crippen molar-refractivity contribution in [3.63, 3.8) is 0 Å². The summed E-state index contributed by atoms with van der Waals surface area (Å²) in [5.74, 6) is 1.34. The lowest BCUT2D eigenvalue weighted by Gasteiger charge is -2.62. The largest absolute Gasteiger partial charge is 0.393 e. The highest BCUT2D eigenvalue weighted by atomic mass is 16.3. The Morgan fingerprint density at radius 3 is 2.39 bits per heavy atom. The van der Waals surface area contributed by atoms with Crippen LogP contribution in [0.2, 0.25) is 0 Å². The van der Waals surface area contributed by atoms with Crippen LogP contribution in [0, 0.1) is 34.5 Å². The van der Waals surface area contributed by atoms with Crippen molar-refractivity contribution in [1.82, 2.24) is 0 Å². The van der Waals surface area contributed by atoms with Crippen LogP contribution in [-0.2, 0) is 0 Å². The average Bonchev–Trinajstić information content (AvgIpc) is 2.82. The maximum atomic E-state index is 10.9. The van der Waals surface area contributed by atoms with Crippen molar-refractivity contribution in [2.24, 2.45) is 34.5 Å². The van der Waals surface area contributed by atoms with Crippen molar-refractivity contribution in [3.8, 4) is 0 Å². The molecule has 4 rings (SSSR count). The second kappa shape index (κ2) is 5.03. The number of rotatable bonds is 0. The first-order chi connectivity index (χ1) is 10.8. The molecule has 0 aromatic rings. The van der Waals surface area contributed by atoms with E-state index in [1.807, 2.05) is 0 Å². The predicted octanol–water partition coefficient (Wildman–Crippen LogP) is 1.88. The summed E-state index contributed by atoms with van der Waals surface area (Å²) in [4.78, 5) is 10.4. The summed E-state index contributed by atoms with van der Waals surface area (Å²) in [6, 6.07) is 0. The standard InChI is InChI=1S/C19H30O4/c1-18-7-5-10(20)9-13(18)16(22)17(23)15-11-3-4-14(21)19(11,2)8-6-12(15)18/h10-13,15-17,20,22-23H,3-9H2,1-2H3/p+1/t10-,11-,12-,13+,15-,16+,17+,18+,19-/m0/s1. The van der Waals surface area contributed by atoms with Crippen molar-refractivity contribution in [3.05, 3.63) is 0 Å². The zero-order chi connectivity index (χ0) is 16.6. The second-order valence-corrected chi connectivity index (χ2v) is 9.25. The summed E-state index contributed by atoms with van der Waals surface area (Å²) in [5.41, 5.74) is -0.179. The highest BCUT2D eigenvalue weighted by molar-refractivity contribution is 5.88. The minimum absolute atomic E-state index is 0.00207. The number of aliphatic hydroxyl groups is 3. The molecule has 0 saturated heterocycles. The van der Waals surface area contributed by atoms with Crippen LogP contribution in [-0.4, -0.2) is 44.2 Å². The maximum absolute atomic E-state index is 10.9. The Morgan fingerprint density at radius 2 is 1.65 bits per heavy atom. The number of fused-ring (bicyclic) bond motifs is 5. The van der Waals surface area contributed by atoms with E-state index in [4.69, 9.17) is 0 Å². The quantitative estimate of drug-likeness (QED) is 0.595. The van der Waals surface area contributed by atoms with Gasteiger partial charge in [-0.15, -0.1) is 0 Å². The van der Waals surface area contributed by atoms with E-state index in [0.29, 0.717) is 18.1 Å². The molecule has 0 radical (unpaired) electrons. The van der Waals surface area contributed by atoms with Crippen LogP contribution >= 0.6 is 0 Å². The molecule has 4 nitrogen and oxygen atoms in total. The molecule has 0 aromatic carbocycles. The molecule has 4 saturated carbocycles. The topological polar surface area (TPSA) is 82.1 Å². The van der Waals surface area contributed by atoms with E-state index < -0.39 is 12.2 Å². The minimum atomic E-state index is -0.749. The Balaban J connectivity index is 1.73. The van der Waals surface area contributed by atoms with Crippen molar-refractivity contribution < 1.29 is 20.1 Å². The van der Waals surface area contributed by atoms with Gasteiger partial charge in [-0.25, -0.2) is 0 Å². The molecule has 0 spiro atoms. The molecule has 0 bridgehead atoms. The van der Waals surface area contributed by atoms with E-state index in [1.165, 1.54) is 0 Å². The molecule has 4 heteroatoms. The molecule has 0 aromatic heterocycles. The van der Waals surface area contributed by atoms with Gasteiger partial charge in [0.05, 0.1) is 30.1 Å². The molecule has 4 aliphatic rings. The number of hydrogen-bond donors (Lipinski definition) is 3. The van der Waals surface area contributed by atoms with E-state index in [-0.39, 0.29) is 34.7 Å². The first-order valence-electron chi connectivity index (χ1n) is 9.38. The van der Waals surface area contributed by atoms with Gasteiger partial charge in [0.15, 0.2) is 0 Å². The molecule has 9 atom stereocenters. The van der Waals surface area contributed by atoms with Gasteiger partial charge in [0, 0.05) is 0 Å². The summed E-state index contributed by atoms with van der Waals surface area (Å²) in [6.45, 7) is 4.42. The fourth-order valence-electron chi connectivity index (χ4n) is 7.03. The summed E-state index contributed by atoms with van der Waals surface area (Å²) >= 11 is 0. The maximum Gasteiger partial charge on any atom is 0.299 e. The van der Waals surface area contributed by atoms with E-state index in [9.17, 15) is 20.1 Å². The third-order valence-corrected chi connectivity index (χ3v) is 8.47. The number of hydrogen-bond acceptors (Lipinski definition) is 3. The van der Waals surface area contributed by atoms with Crippen LogP contribution in [0.3, 0.4) is 0 Å². The van der Waals surface area contributed by atoms with Gasteiger partial charge in [0.25, 0.3) is 5.78 Å². The zero-order valence-electron chi connectivity index (χ0n) is 14.3. The number of ketones is 1. The van der Waals surface area contributed by atoms with Gasteiger partial charge in [-0.1, -0.05) is 6.92 Å². The summed E-state index contributed by atoms with van der Waals surface area (Å²) < 4.78 is 0. The number of carbonyl (C=O) groups excluding carboxylic acids is 1. The van der Waals surface area contributed by atoms with Crippen LogP contribution < -0.4 is 0 Å². The SMILES string of the molecule is C[C@]12CC[C@H](O)C[C@@H]1[C@@H](O)[C@H](O)[C@@H]1[C@@H]2CC[C@]2(C)C(=[OH+])CC[C@@H]12. The highest BCUT2D eigenvalue weighted by Crippen LogP contribution is 2.65. The smallest absolute Gasteiger partial charge is 0.299 e. The third-order valence-electron chi connectivity index (χ3n) is 8.47. The molecule has 0 aliphatic heterocycles. The Labute approximate surface area is 138 Å². The molecule has 0 unspecified atom stereocenters. The Morgan fingerprint density at radius 1 is 0.913 bits per heavy atom. The third kappa shape index (κ3) is 1.98. The van der Waals surface area contributed by atoms with Gasteiger partial charge in [0.2, 0.25) is 0 Å². The lowest BCUT2D eigenvalue weighted by atomic mass is 9.44. The van der Waals surface area contributed by atoms with Gasteiger partial charge in [0.1, 0.15) is 0 Å². The summed E-state index contributed by atoms with van der Waals surface area (Å²) in [7, 11) is 0. The Bertz CT molecular complexity index is 519. The van der Waals surface area contributed by atoms with Crippen LogP contribution in [0.25, 0.3) is 0 Å². The van der Waals surface area contributed by atoms with Crippen molar-refractivity contribution in [2.75, 3.05) is 0 Å². The van der Waals surface area contributed by atoms with Gasteiger partial charge < -0.3 is 15.3 Å². The average molecular weight is 323 g/mol. The second-order valence-electron chi connectivity index (χ2n) is 9.25. The molecular formula is C19H31O4+. The molecular weight excluding hydrogens is 292 g/mol. The van der Waals surface area contributed by atoms with Crippen molar-refractivity contribution >= 4 is 5.78 Å². The molecule has 4 aliphatic carbocycles. The molecule has 0 amide bonds. The van der Waals surface area contributed by atoms with Gasteiger partial charge in [-0.05, 0) is 74.5 Å². The summed E-state index contributed by atoms with van der Waals surface area (Å²) in [6.07, 6.45) is 4.19. The normalized spacial score (nSPS) is 59.2. The molecule has 23 heavy (non-hydrogen) atoms. The van der Waals surface area contributed by atoms with E-state index in [0.717, 1.165) is 38.5 Å². The van der Waals surface area contributed by atoms with Crippen LogP contribution in [0.15, 0.2) is 0 Å². The first-order valence-corrected chi connectivity index (χ1v) is 9.38. The lowest BCUT2D eigenvalue weighted by Crippen LogP contribution is -2.64. The fraction of sp³-hybridized carbons (Fsp3) is 0.947. The lowest BCUT2D eigenvalue weighted by molar-refractivity contribution is -0.216. The van der Waals surface area contributed by atoms with E-state index in [2.05, 4.69) is 13.8 Å². The fourth-order valence-corrected chi connectivity index (χ4v) is 7.03. The summed E-state index contributed by atoms with van der Waals surface area (Å²) in [5, 5.41) is 31.8. The zero-order valence-corrected chi connectivity index (χ0v) is 14.3. The van der Waals surface area contributed by atoms with Gasteiger partial charge >= 0.3 is 0 Å². The van der Waals surface area contributed by atoms with E-state index >= 15 is 0 Å². The van der Waals surface area contributed by atoms with E-state index in [1.54, 1.807) is 0 Å². The van der Waals surface area contributed by atoms with Gasteiger partial charge in [-0.2, -0.15) is 0 Å². The predicted molar refractivity (Wildman–Crippen MR) is 87.5 cm³/mol.